The molecular weight excluding hydrogens is 372 g/mol. The van der Waals surface area contributed by atoms with Crippen LogP contribution in [0.2, 0.25) is 0 Å². The average Bonchev–Trinajstić information content (AvgIpc) is 2.93. The lowest BCUT2D eigenvalue weighted by Crippen LogP contribution is -2.23. The Morgan fingerprint density at radius 1 is 1.07 bits per heavy atom. The zero-order valence-electron chi connectivity index (χ0n) is 16.6. The highest BCUT2D eigenvalue weighted by molar-refractivity contribution is 7.16. The third kappa shape index (κ3) is 4.57. The van der Waals surface area contributed by atoms with Crippen LogP contribution in [0.4, 0.5) is 0 Å². The molecule has 0 saturated heterocycles. The number of thiazole rings is 1. The minimum atomic E-state index is -0.342. The lowest BCUT2D eigenvalue weighted by molar-refractivity contribution is -0.143. The second-order valence-corrected chi connectivity index (χ2v) is 7.87. The largest absolute Gasteiger partial charge is 0.465 e. The summed E-state index contributed by atoms with van der Waals surface area (Å²) < 4.78 is 7.84. The molecule has 0 atom stereocenters. The third-order valence-corrected chi connectivity index (χ3v) is 5.53. The number of rotatable bonds is 5. The van der Waals surface area contributed by atoms with E-state index in [9.17, 15) is 9.59 Å². The number of carbonyl (C=O) groups excluding carboxylic acids is 2. The summed E-state index contributed by atoms with van der Waals surface area (Å²) in [5, 5.41) is 0. The van der Waals surface area contributed by atoms with Gasteiger partial charge in [0.15, 0.2) is 4.80 Å². The van der Waals surface area contributed by atoms with E-state index in [0.717, 1.165) is 32.5 Å². The van der Waals surface area contributed by atoms with Crippen LogP contribution in [0.5, 0.6) is 0 Å². The molecule has 2 aromatic carbocycles. The molecular formula is C22H24N2O3S. The van der Waals surface area contributed by atoms with Crippen molar-refractivity contribution >= 4 is 33.4 Å². The van der Waals surface area contributed by atoms with Crippen molar-refractivity contribution in [3.8, 4) is 0 Å². The summed E-state index contributed by atoms with van der Waals surface area (Å²) in [5.74, 6) is -0.570. The Kier molecular flexibility index (Phi) is 6.09. The molecule has 0 aliphatic rings. The molecule has 0 unspecified atom stereocenters. The Bertz CT molecular complexity index is 1110. The number of aryl methyl sites for hydroxylation is 3. The van der Waals surface area contributed by atoms with Gasteiger partial charge >= 0.3 is 5.97 Å². The zero-order valence-corrected chi connectivity index (χ0v) is 17.4. The molecule has 5 nitrogen and oxygen atoms in total. The van der Waals surface area contributed by atoms with Crippen LogP contribution >= 0.6 is 11.3 Å². The first-order chi connectivity index (χ1) is 13.4. The van der Waals surface area contributed by atoms with Crippen LogP contribution < -0.4 is 4.80 Å². The first-order valence-electron chi connectivity index (χ1n) is 9.26. The molecule has 6 heteroatoms. The monoisotopic (exact) mass is 396 g/mol. The molecule has 0 radical (unpaired) electrons. The van der Waals surface area contributed by atoms with E-state index in [1.165, 1.54) is 11.3 Å². The van der Waals surface area contributed by atoms with Crippen LogP contribution in [-0.2, 0) is 27.3 Å². The van der Waals surface area contributed by atoms with E-state index in [2.05, 4.69) is 11.1 Å². The summed E-state index contributed by atoms with van der Waals surface area (Å²) in [6, 6.07) is 12.0. The number of carbonyl (C=O) groups is 2. The molecule has 1 aromatic heterocycles. The maximum atomic E-state index is 12.6. The van der Waals surface area contributed by atoms with Gasteiger partial charge in [-0.3, -0.25) is 9.59 Å². The van der Waals surface area contributed by atoms with Crippen LogP contribution in [0.1, 0.15) is 29.2 Å². The average molecular weight is 397 g/mol. The Hall–Kier alpha value is -2.73. The minimum Gasteiger partial charge on any atom is -0.465 e. The van der Waals surface area contributed by atoms with Crippen molar-refractivity contribution < 1.29 is 14.3 Å². The normalized spacial score (nSPS) is 11.8. The van der Waals surface area contributed by atoms with Crippen molar-refractivity contribution in [2.75, 3.05) is 6.61 Å². The van der Waals surface area contributed by atoms with Crippen LogP contribution in [0.15, 0.2) is 41.4 Å². The predicted octanol–water partition coefficient (Wildman–Crippen LogP) is 3.86. The topological polar surface area (TPSA) is 60.7 Å². The highest BCUT2D eigenvalue weighted by Gasteiger charge is 2.13. The summed E-state index contributed by atoms with van der Waals surface area (Å²) in [5.41, 5.74) is 5.20. The highest BCUT2D eigenvalue weighted by Crippen LogP contribution is 2.19. The maximum absolute atomic E-state index is 12.6. The van der Waals surface area contributed by atoms with Crippen LogP contribution in [0.25, 0.3) is 10.2 Å². The van der Waals surface area contributed by atoms with Gasteiger partial charge in [-0.2, -0.15) is 4.99 Å². The maximum Gasteiger partial charge on any atom is 0.326 e. The van der Waals surface area contributed by atoms with Crippen LogP contribution in [0, 0.1) is 20.8 Å². The number of benzene rings is 2. The van der Waals surface area contributed by atoms with Gasteiger partial charge in [0.25, 0.3) is 5.91 Å². The lowest BCUT2D eigenvalue weighted by Gasteiger charge is -2.06. The first-order valence-corrected chi connectivity index (χ1v) is 10.1. The van der Waals surface area contributed by atoms with Gasteiger partial charge < -0.3 is 9.30 Å². The van der Waals surface area contributed by atoms with Gasteiger partial charge in [-0.15, -0.1) is 0 Å². The first kappa shape index (κ1) is 20.0. The van der Waals surface area contributed by atoms with Gasteiger partial charge in [-0.1, -0.05) is 41.2 Å². The Morgan fingerprint density at radius 2 is 1.79 bits per heavy atom. The third-order valence-electron chi connectivity index (χ3n) is 4.49. The van der Waals surface area contributed by atoms with Gasteiger partial charge in [-0.05, 0) is 56.5 Å². The number of esters is 1. The van der Waals surface area contributed by atoms with Gasteiger partial charge in [0.05, 0.1) is 23.2 Å². The number of aromatic nitrogens is 1. The zero-order chi connectivity index (χ0) is 20.3. The van der Waals surface area contributed by atoms with Crippen molar-refractivity contribution in [3.63, 3.8) is 0 Å². The minimum absolute atomic E-state index is 0.0343. The number of ether oxygens (including phenoxy) is 1. The van der Waals surface area contributed by atoms with E-state index < -0.39 is 0 Å². The predicted molar refractivity (Wildman–Crippen MR) is 111 cm³/mol. The SMILES string of the molecule is CCOC(=O)Cn1c(=NC(=O)Cc2ccc(C)cc2C)sc2cc(C)ccc21. The second-order valence-electron chi connectivity index (χ2n) is 6.86. The van der Waals surface area contributed by atoms with Crippen molar-refractivity contribution in [1.29, 1.82) is 0 Å². The van der Waals surface area contributed by atoms with E-state index in [-0.39, 0.29) is 24.8 Å². The molecule has 0 aliphatic carbocycles. The van der Waals surface area contributed by atoms with Crippen molar-refractivity contribution in [2.24, 2.45) is 4.99 Å². The summed E-state index contributed by atoms with van der Waals surface area (Å²) in [6.07, 6.45) is 0.235. The molecule has 28 heavy (non-hydrogen) atoms. The molecule has 0 spiro atoms. The van der Waals surface area contributed by atoms with Crippen molar-refractivity contribution in [1.82, 2.24) is 4.57 Å². The van der Waals surface area contributed by atoms with Crippen LogP contribution in [0.3, 0.4) is 0 Å². The van der Waals surface area contributed by atoms with Gasteiger partial charge in [0.2, 0.25) is 0 Å². The molecule has 0 saturated carbocycles. The number of hydrogen-bond acceptors (Lipinski definition) is 4. The van der Waals surface area contributed by atoms with E-state index in [1.807, 2.05) is 51.1 Å². The second kappa shape index (κ2) is 8.52. The number of hydrogen-bond donors (Lipinski definition) is 0. The van der Waals surface area contributed by atoms with Gasteiger partial charge in [0, 0.05) is 0 Å². The van der Waals surface area contributed by atoms with E-state index >= 15 is 0 Å². The molecule has 3 rings (SSSR count). The van der Waals surface area contributed by atoms with Gasteiger partial charge in [-0.25, -0.2) is 0 Å². The fourth-order valence-electron chi connectivity index (χ4n) is 3.11. The Balaban J connectivity index is 1.99. The summed E-state index contributed by atoms with van der Waals surface area (Å²) in [6.45, 7) is 8.16. The molecule has 0 fully saturated rings. The van der Waals surface area contributed by atoms with E-state index in [4.69, 9.17) is 4.74 Å². The molecule has 0 aliphatic heterocycles. The van der Waals surface area contributed by atoms with Crippen LogP contribution in [-0.4, -0.2) is 23.1 Å². The quantitative estimate of drug-likeness (QED) is 0.615. The summed E-state index contributed by atoms with van der Waals surface area (Å²) >= 11 is 1.41. The Labute approximate surface area is 168 Å². The molecule has 1 heterocycles. The molecule has 3 aromatic rings. The number of nitrogens with zero attached hydrogens (tertiary/aromatic N) is 2. The molecule has 1 amide bonds. The number of amides is 1. The smallest absolute Gasteiger partial charge is 0.326 e. The van der Waals surface area contributed by atoms with Crippen molar-refractivity contribution in [2.45, 2.75) is 40.7 Å². The van der Waals surface area contributed by atoms with Gasteiger partial charge in [0.1, 0.15) is 6.54 Å². The molecule has 146 valence electrons. The van der Waals surface area contributed by atoms with Crippen molar-refractivity contribution in [3.05, 3.63) is 63.5 Å². The highest BCUT2D eigenvalue weighted by atomic mass is 32.1. The summed E-state index contributed by atoms with van der Waals surface area (Å²) in [7, 11) is 0. The molecule has 0 bridgehead atoms. The standard InChI is InChI=1S/C22H24N2O3S/c1-5-27-21(26)13-24-18-9-7-15(3)11-19(18)28-22(24)23-20(25)12-17-8-6-14(2)10-16(17)4/h6-11H,5,12-13H2,1-4H3. The lowest BCUT2D eigenvalue weighted by atomic mass is 10.0. The summed E-state index contributed by atoms with van der Waals surface area (Å²) in [4.78, 5) is 29.5. The molecule has 0 N–H and O–H groups in total. The van der Waals surface area contributed by atoms with E-state index in [1.54, 1.807) is 11.5 Å². The number of fused-ring (bicyclic) bond motifs is 1. The van der Waals surface area contributed by atoms with E-state index in [0.29, 0.717) is 11.4 Å². The fourth-order valence-corrected chi connectivity index (χ4v) is 4.25. The fraction of sp³-hybridized carbons (Fsp3) is 0.318. The Morgan fingerprint density at radius 3 is 2.50 bits per heavy atom.